The van der Waals surface area contributed by atoms with Gasteiger partial charge in [-0.3, -0.25) is 4.79 Å². The lowest BCUT2D eigenvalue weighted by Gasteiger charge is -2.14. The Kier molecular flexibility index (Phi) is 7.24. The Morgan fingerprint density at radius 1 is 1.62 bits per heavy atom. The minimum atomic E-state index is -0.0536. The van der Waals surface area contributed by atoms with Gasteiger partial charge in [0.05, 0.1) is 6.61 Å². The fraction of sp³-hybridized carbons (Fsp3) is 0.667. The molecule has 1 amide bonds. The van der Waals surface area contributed by atoms with Crippen molar-refractivity contribution in [1.82, 2.24) is 10.2 Å². The molecule has 0 fully saturated rings. The van der Waals surface area contributed by atoms with Gasteiger partial charge in [-0.05, 0) is 19.0 Å². The molecule has 0 radical (unpaired) electrons. The molecular weight excluding hydrogens is 168 g/mol. The summed E-state index contributed by atoms with van der Waals surface area (Å²) in [6.45, 7) is 5.69. The average molecular weight is 186 g/mol. The molecule has 0 rings (SSSR count). The van der Waals surface area contributed by atoms with E-state index in [2.05, 4.69) is 11.9 Å². The summed E-state index contributed by atoms with van der Waals surface area (Å²) in [5.41, 5.74) is 0. The monoisotopic (exact) mass is 186 g/mol. The summed E-state index contributed by atoms with van der Waals surface area (Å²) in [5.74, 6) is -0.0536. The molecule has 2 N–H and O–H groups in total. The first-order chi connectivity index (χ1) is 6.22. The molecule has 0 saturated carbocycles. The van der Waals surface area contributed by atoms with E-state index in [4.69, 9.17) is 5.11 Å². The average Bonchev–Trinajstić information content (AvgIpc) is 2.16. The number of hydrogen-bond acceptors (Lipinski definition) is 3. The van der Waals surface area contributed by atoms with Crippen molar-refractivity contribution >= 4 is 5.91 Å². The molecule has 0 spiro atoms. The zero-order chi connectivity index (χ0) is 10.1. The molecule has 0 bridgehead atoms. The number of aliphatic hydroxyl groups excluding tert-OH is 1. The molecule has 0 aromatic rings. The van der Waals surface area contributed by atoms with Gasteiger partial charge in [0, 0.05) is 20.1 Å². The first-order valence-corrected chi connectivity index (χ1v) is 4.41. The Morgan fingerprint density at radius 2 is 2.31 bits per heavy atom. The minimum Gasteiger partial charge on any atom is -0.395 e. The van der Waals surface area contributed by atoms with Gasteiger partial charge in [0.25, 0.3) is 0 Å². The van der Waals surface area contributed by atoms with Gasteiger partial charge in [-0.2, -0.15) is 0 Å². The molecule has 76 valence electrons. The van der Waals surface area contributed by atoms with E-state index in [1.165, 1.54) is 6.08 Å². The SMILES string of the molecule is C=CC(=O)N(C)CCCNCCO. The summed E-state index contributed by atoms with van der Waals surface area (Å²) in [5, 5.41) is 11.5. The maximum atomic E-state index is 11.0. The Bertz CT molecular complexity index is 160. The van der Waals surface area contributed by atoms with Gasteiger partial charge in [0.15, 0.2) is 0 Å². The number of hydrogen-bond donors (Lipinski definition) is 2. The Morgan fingerprint density at radius 3 is 2.85 bits per heavy atom. The van der Waals surface area contributed by atoms with Gasteiger partial charge >= 0.3 is 0 Å². The van der Waals surface area contributed by atoms with Crippen molar-refractivity contribution in [3.63, 3.8) is 0 Å². The molecule has 0 aliphatic carbocycles. The molecule has 0 heterocycles. The molecule has 4 nitrogen and oxygen atoms in total. The van der Waals surface area contributed by atoms with Crippen LogP contribution in [0, 0.1) is 0 Å². The molecular formula is C9H18N2O2. The third kappa shape index (κ3) is 6.31. The van der Waals surface area contributed by atoms with E-state index in [1.54, 1.807) is 11.9 Å². The number of likely N-dealkylation sites (N-methyl/N-ethyl adjacent to an activating group) is 1. The van der Waals surface area contributed by atoms with Crippen molar-refractivity contribution in [3.8, 4) is 0 Å². The zero-order valence-corrected chi connectivity index (χ0v) is 8.12. The van der Waals surface area contributed by atoms with E-state index in [1.807, 2.05) is 0 Å². The number of nitrogens with one attached hydrogen (secondary N) is 1. The van der Waals surface area contributed by atoms with Crippen molar-refractivity contribution < 1.29 is 9.90 Å². The third-order valence-electron chi connectivity index (χ3n) is 1.69. The standard InChI is InChI=1S/C9H18N2O2/c1-3-9(13)11(2)7-4-5-10-6-8-12/h3,10,12H,1,4-8H2,2H3. The molecule has 0 aliphatic rings. The van der Waals surface area contributed by atoms with Crippen LogP contribution >= 0.6 is 0 Å². The van der Waals surface area contributed by atoms with Crippen molar-refractivity contribution in [3.05, 3.63) is 12.7 Å². The molecule has 0 aliphatic heterocycles. The van der Waals surface area contributed by atoms with Gasteiger partial charge < -0.3 is 15.3 Å². The van der Waals surface area contributed by atoms with E-state index in [0.29, 0.717) is 13.1 Å². The normalized spacial score (nSPS) is 9.69. The summed E-state index contributed by atoms with van der Waals surface area (Å²) in [6.07, 6.45) is 2.19. The highest BCUT2D eigenvalue weighted by atomic mass is 16.3. The lowest BCUT2D eigenvalue weighted by Crippen LogP contribution is -2.29. The predicted octanol–water partition coefficient (Wildman–Crippen LogP) is -0.397. The van der Waals surface area contributed by atoms with Gasteiger partial charge in [0.2, 0.25) is 5.91 Å². The highest BCUT2D eigenvalue weighted by Gasteiger charge is 2.01. The quantitative estimate of drug-likeness (QED) is 0.420. The molecule has 4 heteroatoms. The fourth-order valence-corrected chi connectivity index (χ4v) is 0.911. The molecule has 0 saturated heterocycles. The number of amides is 1. The molecule has 0 aromatic carbocycles. The summed E-state index contributed by atoms with van der Waals surface area (Å²) in [6, 6.07) is 0. The number of rotatable bonds is 7. The summed E-state index contributed by atoms with van der Waals surface area (Å²) < 4.78 is 0. The van der Waals surface area contributed by atoms with Crippen LogP contribution in [0.5, 0.6) is 0 Å². The van der Waals surface area contributed by atoms with Crippen LogP contribution < -0.4 is 5.32 Å². The van der Waals surface area contributed by atoms with Crippen LogP contribution in [0.15, 0.2) is 12.7 Å². The summed E-state index contributed by atoms with van der Waals surface area (Å²) in [7, 11) is 1.75. The lowest BCUT2D eigenvalue weighted by molar-refractivity contribution is -0.124. The van der Waals surface area contributed by atoms with Crippen LogP contribution in [0.2, 0.25) is 0 Å². The second kappa shape index (κ2) is 7.76. The topological polar surface area (TPSA) is 52.6 Å². The van der Waals surface area contributed by atoms with Crippen LogP contribution in [0.1, 0.15) is 6.42 Å². The molecule has 13 heavy (non-hydrogen) atoms. The molecule has 0 unspecified atom stereocenters. The summed E-state index contributed by atoms with van der Waals surface area (Å²) >= 11 is 0. The van der Waals surface area contributed by atoms with Crippen LogP contribution in [-0.4, -0.2) is 49.2 Å². The summed E-state index contributed by atoms with van der Waals surface area (Å²) in [4.78, 5) is 12.6. The van der Waals surface area contributed by atoms with E-state index >= 15 is 0 Å². The van der Waals surface area contributed by atoms with Crippen molar-refractivity contribution in [2.45, 2.75) is 6.42 Å². The van der Waals surface area contributed by atoms with E-state index in [0.717, 1.165) is 13.0 Å². The number of nitrogens with zero attached hydrogens (tertiary/aromatic N) is 1. The Balaban J connectivity index is 3.31. The third-order valence-corrected chi connectivity index (χ3v) is 1.69. The van der Waals surface area contributed by atoms with Gasteiger partial charge in [-0.15, -0.1) is 0 Å². The zero-order valence-electron chi connectivity index (χ0n) is 8.12. The van der Waals surface area contributed by atoms with E-state index in [-0.39, 0.29) is 12.5 Å². The largest absolute Gasteiger partial charge is 0.395 e. The maximum absolute atomic E-state index is 11.0. The molecule has 0 atom stereocenters. The number of aliphatic hydroxyl groups is 1. The lowest BCUT2D eigenvalue weighted by atomic mass is 10.3. The maximum Gasteiger partial charge on any atom is 0.245 e. The fourth-order valence-electron chi connectivity index (χ4n) is 0.911. The van der Waals surface area contributed by atoms with E-state index < -0.39 is 0 Å². The van der Waals surface area contributed by atoms with Crippen molar-refractivity contribution in [1.29, 1.82) is 0 Å². The number of carbonyl (C=O) groups is 1. The van der Waals surface area contributed by atoms with Crippen LogP contribution in [0.4, 0.5) is 0 Å². The molecule has 0 aromatic heterocycles. The highest BCUT2D eigenvalue weighted by Crippen LogP contribution is 1.88. The first kappa shape index (κ1) is 12.1. The van der Waals surface area contributed by atoms with Crippen LogP contribution in [-0.2, 0) is 4.79 Å². The second-order valence-corrected chi connectivity index (χ2v) is 2.79. The smallest absolute Gasteiger partial charge is 0.245 e. The first-order valence-electron chi connectivity index (χ1n) is 4.41. The second-order valence-electron chi connectivity index (χ2n) is 2.79. The van der Waals surface area contributed by atoms with Gasteiger partial charge in [-0.1, -0.05) is 6.58 Å². The van der Waals surface area contributed by atoms with Crippen LogP contribution in [0.3, 0.4) is 0 Å². The van der Waals surface area contributed by atoms with Crippen LogP contribution in [0.25, 0.3) is 0 Å². The minimum absolute atomic E-state index is 0.0536. The van der Waals surface area contributed by atoms with Crippen molar-refractivity contribution in [2.24, 2.45) is 0 Å². The Labute approximate surface area is 79.2 Å². The predicted molar refractivity (Wildman–Crippen MR) is 52.4 cm³/mol. The Hall–Kier alpha value is -0.870. The van der Waals surface area contributed by atoms with Crippen molar-refractivity contribution in [2.75, 3.05) is 33.3 Å². The van der Waals surface area contributed by atoms with Gasteiger partial charge in [-0.25, -0.2) is 0 Å². The van der Waals surface area contributed by atoms with E-state index in [9.17, 15) is 4.79 Å². The number of carbonyl (C=O) groups excluding carboxylic acids is 1. The van der Waals surface area contributed by atoms with Gasteiger partial charge in [0.1, 0.15) is 0 Å². The highest BCUT2D eigenvalue weighted by molar-refractivity contribution is 5.86.